The van der Waals surface area contributed by atoms with Crippen molar-refractivity contribution in [2.75, 3.05) is 13.2 Å². The summed E-state index contributed by atoms with van der Waals surface area (Å²) in [6.45, 7) is 4.05. The topological polar surface area (TPSA) is 34.4 Å². The SMILES string of the molecule is C[C@H](OCCC[C@H]1CCCCN1)c1ccco1. The van der Waals surface area contributed by atoms with Gasteiger partial charge in [0.15, 0.2) is 0 Å². The molecule has 0 amide bonds. The zero-order chi connectivity index (χ0) is 11.9. The highest BCUT2D eigenvalue weighted by atomic mass is 16.5. The third-order valence-corrected chi connectivity index (χ3v) is 3.42. The molecule has 0 bridgehead atoms. The fraction of sp³-hybridized carbons (Fsp3) is 0.714. The van der Waals surface area contributed by atoms with Gasteiger partial charge in [-0.1, -0.05) is 6.42 Å². The molecule has 0 aliphatic carbocycles. The van der Waals surface area contributed by atoms with Crippen molar-refractivity contribution in [2.45, 2.75) is 51.2 Å². The fourth-order valence-corrected chi connectivity index (χ4v) is 2.36. The highest BCUT2D eigenvalue weighted by molar-refractivity contribution is 5.00. The highest BCUT2D eigenvalue weighted by Gasteiger charge is 2.12. The van der Waals surface area contributed by atoms with Crippen molar-refractivity contribution in [3.8, 4) is 0 Å². The van der Waals surface area contributed by atoms with Crippen molar-refractivity contribution < 1.29 is 9.15 Å². The molecule has 2 atom stereocenters. The van der Waals surface area contributed by atoms with E-state index in [1.165, 1.54) is 32.2 Å². The van der Waals surface area contributed by atoms with Crippen molar-refractivity contribution in [1.82, 2.24) is 5.32 Å². The molecule has 1 aromatic heterocycles. The van der Waals surface area contributed by atoms with Crippen LogP contribution in [0.1, 0.15) is 50.9 Å². The largest absolute Gasteiger partial charge is 0.467 e. The van der Waals surface area contributed by atoms with Gasteiger partial charge in [-0.2, -0.15) is 0 Å². The molecule has 96 valence electrons. The van der Waals surface area contributed by atoms with Crippen molar-refractivity contribution >= 4 is 0 Å². The van der Waals surface area contributed by atoms with Crippen LogP contribution in [0, 0.1) is 0 Å². The molecule has 1 aliphatic heterocycles. The Morgan fingerprint density at radius 3 is 3.18 bits per heavy atom. The molecule has 1 saturated heterocycles. The van der Waals surface area contributed by atoms with Crippen molar-refractivity contribution in [3.05, 3.63) is 24.2 Å². The van der Waals surface area contributed by atoms with E-state index in [-0.39, 0.29) is 6.10 Å². The molecule has 17 heavy (non-hydrogen) atoms. The van der Waals surface area contributed by atoms with Gasteiger partial charge in [-0.15, -0.1) is 0 Å². The first-order chi connectivity index (χ1) is 8.36. The second-order valence-electron chi connectivity index (χ2n) is 4.82. The third kappa shape index (κ3) is 4.17. The predicted octanol–water partition coefficient (Wildman–Crippen LogP) is 3.28. The molecule has 0 aromatic carbocycles. The Labute approximate surface area is 104 Å². The fourth-order valence-electron chi connectivity index (χ4n) is 2.36. The molecular formula is C14H23NO2. The molecule has 2 heterocycles. The quantitative estimate of drug-likeness (QED) is 0.771. The molecule has 1 aliphatic rings. The number of hydrogen-bond acceptors (Lipinski definition) is 3. The van der Waals surface area contributed by atoms with E-state index >= 15 is 0 Å². The van der Waals surface area contributed by atoms with Gasteiger partial charge in [0.25, 0.3) is 0 Å². The lowest BCUT2D eigenvalue weighted by molar-refractivity contribution is 0.0468. The third-order valence-electron chi connectivity index (χ3n) is 3.42. The second kappa shape index (κ2) is 6.82. The van der Waals surface area contributed by atoms with Crippen LogP contribution in [0.4, 0.5) is 0 Å². The van der Waals surface area contributed by atoms with Gasteiger partial charge in [-0.3, -0.25) is 0 Å². The Morgan fingerprint density at radius 1 is 1.53 bits per heavy atom. The minimum absolute atomic E-state index is 0.0734. The van der Waals surface area contributed by atoms with E-state index in [2.05, 4.69) is 5.32 Å². The van der Waals surface area contributed by atoms with Gasteiger partial charge in [0.2, 0.25) is 0 Å². The van der Waals surface area contributed by atoms with Gasteiger partial charge < -0.3 is 14.5 Å². The van der Waals surface area contributed by atoms with E-state index in [1.807, 2.05) is 19.1 Å². The summed E-state index contributed by atoms with van der Waals surface area (Å²) in [5.74, 6) is 0.917. The molecule has 2 rings (SSSR count). The summed E-state index contributed by atoms with van der Waals surface area (Å²) in [4.78, 5) is 0. The van der Waals surface area contributed by atoms with Crippen LogP contribution in [0.25, 0.3) is 0 Å². The standard InChI is InChI=1S/C14H23NO2/c1-12(14-8-5-11-17-14)16-10-4-7-13-6-2-3-9-15-13/h5,8,11-13,15H,2-4,6-7,9-10H2,1H3/t12-,13+/m0/s1. The van der Waals surface area contributed by atoms with Crippen LogP contribution in [0.15, 0.2) is 22.8 Å². The Balaban J connectivity index is 1.56. The van der Waals surface area contributed by atoms with Gasteiger partial charge in [-0.25, -0.2) is 0 Å². The molecule has 0 saturated carbocycles. The normalized spacial score (nSPS) is 22.5. The van der Waals surface area contributed by atoms with Gasteiger partial charge in [0.1, 0.15) is 11.9 Å². The van der Waals surface area contributed by atoms with Gasteiger partial charge in [-0.05, 0) is 51.3 Å². The van der Waals surface area contributed by atoms with Gasteiger partial charge in [0.05, 0.1) is 6.26 Å². The van der Waals surface area contributed by atoms with E-state index in [0.717, 1.165) is 18.8 Å². The molecule has 1 fully saturated rings. The summed E-state index contributed by atoms with van der Waals surface area (Å²) in [6.07, 6.45) is 8.16. The number of furan rings is 1. The Hall–Kier alpha value is -0.800. The van der Waals surface area contributed by atoms with Crippen molar-refractivity contribution in [2.24, 2.45) is 0 Å². The van der Waals surface area contributed by atoms with Crippen LogP contribution in [0.3, 0.4) is 0 Å². The van der Waals surface area contributed by atoms with Gasteiger partial charge in [0, 0.05) is 12.6 Å². The summed E-state index contributed by atoms with van der Waals surface area (Å²) >= 11 is 0. The van der Waals surface area contributed by atoms with Crippen LogP contribution in [-0.2, 0) is 4.74 Å². The molecule has 0 radical (unpaired) electrons. The van der Waals surface area contributed by atoms with E-state index in [4.69, 9.17) is 9.15 Å². The summed E-state index contributed by atoms with van der Waals surface area (Å²) in [5, 5.41) is 3.56. The first kappa shape index (κ1) is 12.7. The van der Waals surface area contributed by atoms with Crippen LogP contribution >= 0.6 is 0 Å². The molecule has 1 aromatic rings. The van der Waals surface area contributed by atoms with E-state index in [0.29, 0.717) is 6.04 Å². The lowest BCUT2D eigenvalue weighted by atomic mass is 10.0. The second-order valence-corrected chi connectivity index (χ2v) is 4.82. The molecule has 3 heteroatoms. The number of nitrogens with one attached hydrogen (secondary N) is 1. The summed E-state index contributed by atoms with van der Waals surface area (Å²) in [7, 11) is 0. The molecule has 3 nitrogen and oxygen atoms in total. The number of ether oxygens (including phenoxy) is 1. The average Bonchev–Trinajstić information content (AvgIpc) is 2.89. The minimum Gasteiger partial charge on any atom is -0.467 e. The van der Waals surface area contributed by atoms with Crippen LogP contribution < -0.4 is 5.32 Å². The minimum atomic E-state index is 0.0734. The van der Waals surface area contributed by atoms with Crippen LogP contribution in [-0.4, -0.2) is 19.2 Å². The zero-order valence-electron chi connectivity index (χ0n) is 10.7. The van der Waals surface area contributed by atoms with E-state index in [9.17, 15) is 0 Å². The van der Waals surface area contributed by atoms with Crippen LogP contribution in [0.5, 0.6) is 0 Å². The van der Waals surface area contributed by atoms with E-state index < -0.39 is 0 Å². The maximum atomic E-state index is 5.76. The number of piperidine rings is 1. The smallest absolute Gasteiger partial charge is 0.132 e. The first-order valence-electron chi connectivity index (χ1n) is 6.74. The maximum absolute atomic E-state index is 5.76. The Kier molecular flexibility index (Phi) is 5.08. The van der Waals surface area contributed by atoms with E-state index in [1.54, 1.807) is 6.26 Å². The molecule has 1 N–H and O–H groups in total. The highest BCUT2D eigenvalue weighted by Crippen LogP contribution is 2.18. The average molecular weight is 237 g/mol. The predicted molar refractivity (Wildman–Crippen MR) is 68.0 cm³/mol. The first-order valence-corrected chi connectivity index (χ1v) is 6.74. The van der Waals surface area contributed by atoms with Crippen molar-refractivity contribution in [1.29, 1.82) is 0 Å². The maximum Gasteiger partial charge on any atom is 0.132 e. The number of hydrogen-bond donors (Lipinski definition) is 1. The Bertz CT molecular complexity index is 291. The lowest BCUT2D eigenvalue weighted by Crippen LogP contribution is -2.34. The Morgan fingerprint density at radius 2 is 2.47 bits per heavy atom. The molecule has 0 spiro atoms. The lowest BCUT2D eigenvalue weighted by Gasteiger charge is -2.23. The summed E-state index contributed by atoms with van der Waals surface area (Å²) in [6, 6.07) is 4.58. The van der Waals surface area contributed by atoms with Crippen molar-refractivity contribution in [3.63, 3.8) is 0 Å². The molecular weight excluding hydrogens is 214 g/mol. The summed E-state index contributed by atoms with van der Waals surface area (Å²) < 4.78 is 11.1. The van der Waals surface area contributed by atoms with Crippen LogP contribution in [0.2, 0.25) is 0 Å². The van der Waals surface area contributed by atoms with Gasteiger partial charge >= 0.3 is 0 Å². The monoisotopic (exact) mass is 237 g/mol. The number of rotatable bonds is 6. The zero-order valence-corrected chi connectivity index (χ0v) is 10.7. The molecule has 0 unspecified atom stereocenters. The summed E-state index contributed by atoms with van der Waals surface area (Å²) in [5.41, 5.74) is 0.